The van der Waals surface area contributed by atoms with Gasteiger partial charge in [-0.2, -0.15) is 10.2 Å². The van der Waals surface area contributed by atoms with Crippen molar-refractivity contribution in [2.75, 3.05) is 0 Å². The van der Waals surface area contributed by atoms with Crippen LogP contribution in [0.25, 0.3) is 0 Å². The van der Waals surface area contributed by atoms with Crippen LogP contribution in [0.5, 0.6) is 0 Å². The molecule has 0 saturated heterocycles. The SMILES string of the molecule is CCn1cc(CNCc2cc(C3CC3)n[nH]2)cn1. The van der Waals surface area contributed by atoms with Crippen LogP contribution in [0.4, 0.5) is 0 Å². The third-order valence-electron chi connectivity index (χ3n) is 3.30. The Balaban J connectivity index is 1.48. The molecule has 2 N–H and O–H groups in total. The van der Waals surface area contributed by atoms with Crippen molar-refractivity contribution in [1.82, 2.24) is 25.3 Å². The van der Waals surface area contributed by atoms with Gasteiger partial charge in [-0.15, -0.1) is 0 Å². The van der Waals surface area contributed by atoms with Crippen LogP contribution >= 0.6 is 0 Å². The van der Waals surface area contributed by atoms with Crippen LogP contribution in [0.2, 0.25) is 0 Å². The number of aromatic nitrogens is 4. The van der Waals surface area contributed by atoms with E-state index in [-0.39, 0.29) is 0 Å². The van der Waals surface area contributed by atoms with E-state index in [1.165, 1.54) is 29.8 Å². The normalized spacial score (nSPS) is 15.2. The van der Waals surface area contributed by atoms with Gasteiger partial charge in [-0.25, -0.2) is 0 Å². The molecule has 1 saturated carbocycles. The highest BCUT2D eigenvalue weighted by atomic mass is 15.3. The molecular formula is C13H19N5. The van der Waals surface area contributed by atoms with Crippen LogP contribution in [0.3, 0.4) is 0 Å². The van der Waals surface area contributed by atoms with E-state index in [4.69, 9.17) is 0 Å². The average Bonchev–Trinajstić information content (AvgIpc) is 2.96. The third kappa shape index (κ3) is 2.61. The molecule has 0 bridgehead atoms. The highest BCUT2D eigenvalue weighted by Gasteiger charge is 2.25. The molecule has 2 aromatic heterocycles. The molecule has 5 heteroatoms. The Labute approximate surface area is 107 Å². The van der Waals surface area contributed by atoms with Crippen LogP contribution in [0.15, 0.2) is 18.5 Å². The molecule has 0 radical (unpaired) electrons. The molecule has 1 fully saturated rings. The van der Waals surface area contributed by atoms with Crippen molar-refractivity contribution in [2.24, 2.45) is 0 Å². The van der Waals surface area contributed by atoms with Crippen molar-refractivity contribution < 1.29 is 0 Å². The molecule has 0 spiro atoms. The van der Waals surface area contributed by atoms with E-state index in [9.17, 15) is 0 Å². The summed E-state index contributed by atoms with van der Waals surface area (Å²) in [4.78, 5) is 0. The maximum absolute atomic E-state index is 4.34. The molecule has 2 aromatic rings. The van der Waals surface area contributed by atoms with Gasteiger partial charge in [-0.3, -0.25) is 9.78 Å². The van der Waals surface area contributed by atoms with Crippen molar-refractivity contribution in [2.45, 2.75) is 45.3 Å². The molecule has 0 aliphatic heterocycles. The highest BCUT2D eigenvalue weighted by molar-refractivity contribution is 5.17. The van der Waals surface area contributed by atoms with Crippen LogP contribution in [-0.4, -0.2) is 20.0 Å². The Hall–Kier alpha value is -1.62. The summed E-state index contributed by atoms with van der Waals surface area (Å²) in [5.74, 6) is 0.720. The van der Waals surface area contributed by atoms with Gasteiger partial charge < -0.3 is 5.32 Å². The fraction of sp³-hybridized carbons (Fsp3) is 0.538. The third-order valence-corrected chi connectivity index (χ3v) is 3.30. The Morgan fingerprint density at radius 2 is 2.33 bits per heavy atom. The lowest BCUT2D eigenvalue weighted by molar-refractivity contribution is 0.653. The number of aryl methyl sites for hydroxylation is 1. The topological polar surface area (TPSA) is 58.5 Å². The molecular weight excluding hydrogens is 226 g/mol. The number of H-pyrrole nitrogens is 1. The largest absolute Gasteiger partial charge is 0.307 e. The van der Waals surface area contributed by atoms with Crippen molar-refractivity contribution in [1.29, 1.82) is 0 Å². The van der Waals surface area contributed by atoms with Gasteiger partial charge in [-0.1, -0.05) is 0 Å². The first-order valence-electron chi connectivity index (χ1n) is 6.61. The van der Waals surface area contributed by atoms with Crippen molar-refractivity contribution >= 4 is 0 Å². The standard InChI is InChI=1S/C13H19N5/c1-2-18-9-10(7-15-18)6-14-8-12-5-13(17-16-12)11-3-4-11/h5,7,9,11,14H,2-4,6,8H2,1H3,(H,16,17). The summed E-state index contributed by atoms with van der Waals surface area (Å²) in [7, 11) is 0. The Morgan fingerprint density at radius 1 is 1.44 bits per heavy atom. The minimum absolute atomic E-state index is 0.720. The van der Waals surface area contributed by atoms with E-state index in [2.05, 4.69) is 39.8 Å². The number of aromatic amines is 1. The second kappa shape index (κ2) is 4.94. The fourth-order valence-electron chi connectivity index (χ4n) is 2.07. The van der Waals surface area contributed by atoms with E-state index in [0.717, 1.165) is 25.6 Å². The number of rotatable bonds is 6. The van der Waals surface area contributed by atoms with Gasteiger partial charge in [0.1, 0.15) is 0 Å². The zero-order valence-electron chi connectivity index (χ0n) is 10.7. The van der Waals surface area contributed by atoms with Gasteiger partial charge in [-0.05, 0) is 25.8 Å². The summed E-state index contributed by atoms with van der Waals surface area (Å²) in [5.41, 5.74) is 3.61. The first kappa shape index (κ1) is 11.5. The number of hydrogen-bond acceptors (Lipinski definition) is 3. The number of nitrogens with zero attached hydrogens (tertiary/aromatic N) is 3. The molecule has 0 atom stereocenters. The van der Waals surface area contributed by atoms with E-state index < -0.39 is 0 Å². The van der Waals surface area contributed by atoms with Gasteiger partial charge in [0.2, 0.25) is 0 Å². The lowest BCUT2D eigenvalue weighted by Gasteiger charge is -1.99. The monoisotopic (exact) mass is 245 g/mol. The first-order chi connectivity index (χ1) is 8.85. The molecule has 1 aliphatic carbocycles. The summed E-state index contributed by atoms with van der Waals surface area (Å²) < 4.78 is 1.94. The molecule has 18 heavy (non-hydrogen) atoms. The summed E-state index contributed by atoms with van der Waals surface area (Å²) in [6, 6.07) is 2.18. The molecule has 3 rings (SSSR count). The fourth-order valence-corrected chi connectivity index (χ4v) is 2.07. The van der Waals surface area contributed by atoms with E-state index >= 15 is 0 Å². The lowest BCUT2D eigenvalue weighted by Crippen LogP contribution is -2.12. The quantitative estimate of drug-likeness (QED) is 0.815. The second-order valence-electron chi connectivity index (χ2n) is 4.90. The van der Waals surface area contributed by atoms with Crippen molar-refractivity contribution in [3.63, 3.8) is 0 Å². The number of nitrogens with one attached hydrogen (secondary N) is 2. The lowest BCUT2D eigenvalue weighted by atomic mass is 10.2. The Morgan fingerprint density at radius 3 is 3.06 bits per heavy atom. The Bertz CT molecular complexity index is 509. The minimum atomic E-state index is 0.720. The van der Waals surface area contributed by atoms with Crippen LogP contribution in [-0.2, 0) is 19.6 Å². The van der Waals surface area contributed by atoms with Gasteiger partial charge in [0.05, 0.1) is 11.9 Å². The van der Waals surface area contributed by atoms with E-state index in [0.29, 0.717) is 0 Å². The van der Waals surface area contributed by atoms with Crippen LogP contribution in [0.1, 0.15) is 42.6 Å². The molecule has 2 heterocycles. The predicted molar refractivity (Wildman–Crippen MR) is 69.0 cm³/mol. The molecule has 5 nitrogen and oxygen atoms in total. The molecule has 0 amide bonds. The van der Waals surface area contributed by atoms with Crippen molar-refractivity contribution in [3.05, 3.63) is 35.4 Å². The maximum Gasteiger partial charge on any atom is 0.0656 e. The van der Waals surface area contributed by atoms with Gasteiger partial charge in [0, 0.05) is 43.0 Å². The predicted octanol–water partition coefficient (Wildman–Crippen LogP) is 1.79. The summed E-state index contributed by atoms with van der Waals surface area (Å²) in [6.45, 7) is 4.69. The summed E-state index contributed by atoms with van der Waals surface area (Å²) in [6.07, 6.45) is 6.59. The average molecular weight is 245 g/mol. The van der Waals surface area contributed by atoms with Crippen LogP contribution in [0, 0.1) is 0 Å². The molecule has 0 aromatic carbocycles. The molecule has 96 valence electrons. The second-order valence-corrected chi connectivity index (χ2v) is 4.90. The highest BCUT2D eigenvalue weighted by Crippen LogP contribution is 2.38. The maximum atomic E-state index is 4.34. The van der Waals surface area contributed by atoms with Gasteiger partial charge >= 0.3 is 0 Å². The minimum Gasteiger partial charge on any atom is -0.307 e. The molecule has 0 unspecified atom stereocenters. The Kier molecular flexibility index (Phi) is 3.15. The first-order valence-corrected chi connectivity index (χ1v) is 6.61. The smallest absolute Gasteiger partial charge is 0.0656 e. The zero-order chi connectivity index (χ0) is 12.4. The zero-order valence-corrected chi connectivity index (χ0v) is 10.7. The summed E-state index contributed by atoms with van der Waals surface area (Å²) in [5, 5.41) is 15.1. The summed E-state index contributed by atoms with van der Waals surface area (Å²) >= 11 is 0. The van der Waals surface area contributed by atoms with Crippen LogP contribution < -0.4 is 5.32 Å². The van der Waals surface area contributed by atoms with Crippen molar-refractivity contribution in [3.8, 4) is 0 Å². The van der Waals surface area contributed by atoms with E-state index in [1.807, 2.05) is 10.9 Å². The number of hydrogen-bond donors (Lipinski definition) is 2. The van der Waals surface area contributed by atoms with Gasteiger partial charge in [0.15, 0.2) is 0 Å². The van der Waals surface area contributed by atoms with E-state index in [1.54, 1.807) is 0 Å². The van der Waals surface area contributed by atoms with Gasteiger partial charge in [0.25, 0.3) is 0 Å². The molecule has 1 aliphatic rings.